The predicted molar refractivity (Wildman–Crippen MR) is 89.5 cm³/mol. The number of quaternary nitrogens is 1. The SMILES string of the molecule is CC(C)(C)c1cc(NC(=O)C[NH+]2CC[C@@H]3CCCC[C@@H]3C2)on1. The van der Waals surface area contributed by atoms with Crippen molar-refractivity contribution in [2.24, 2.45) is 11.8 Å². The zero-order valence-corrected chi connectivity index (χ0v) is 14.7. The topological polar surface area (TPSA) is 59.6 Å². The molecule has 1 amide bonds. The number of nitrogens with one attached hydrogen (secondary N) is 2. The van der Waals surface area contributed by atoms with Crippen LogP contribution in [0.2, 0.25) is 0 Å². The summed E-state index contributed by atoms with van der Waals surface area (Å²) in [5, 5.41) is 6.91. The number of aromatic nitrogens is 1. The Bertz CT molecular complexity index is 547. The molecule has 1 aromatic heterocycles. The van der Waals surface area contributed by atoms with Gasteiger partial charge in [0, 0.05) is 17.4 Å². The van der Waals surface area contributed by atoms with Gasteiger partial charge in [0.2, 0.25) is 5.88 Å². The van der Waals surface area contributed by atoms with Crippen molar-refractivity contribution in [3.63, 3.8) is 0 Å². The summed E-state index contributed by atoms with van der Waals surface area (Å²) in [5.41, 5.74) is 0.795. The van der Waals surface area contributed by atoms with E-state index in [9.17, 15) is 4.79 Å². The van der Waals surface area contributed by atoms with Gasteiger partial charge < -0.3 is 9.42 Å². The maximum Gasteiger partial charge on any atom is 0.281 e. The van der Waals surface area contributed by atoms with E-state index in [4.69, 9.17) is 4.52 Å². The molecule has 23 heavy (non-hydrogen) atoms. The monoisotopic (exact) mass is 320 g/mol. The minimum Gasteiger partial charge on any atom is -0.338 e. The molecule has 0 aromatic carbocycles. The van der Waals surface area contributed by atoms with Gasteiger partial charge in [-0.3, -0.25) is 10.1 Å². The van der Waals surface area contributed by atoms with Gasteiger partial charge in [-0.25, -0.2) is 0 Å². The van der Waals surface area contributed by atoms with E-state index in [-0.39, 0.29) is 11.3 Å². The van der Waals surface area contributed by atoms with Crippen molar-refractivity contribution >= 4 is 11.8 Å². The molecule has 1 aliphatic carbocycles. The van der Waals surface area contributed by atoms with Gasteiger partial charge in [0.15, 0.2) is 6.54 Å². The third-order valence-electron chi connectivity index (χ3n) is 5.44. The van der Waals surface area contributed by atoms with E-state index < -0.39 is 0 Å². The van der Waals surface area contributed by atoms with Crippen molar-refractivity contribution < 1.29 is 14.2 Å². The predicted octanol–water partition coefficient (Wildman–Crippen LogP) is 2.01. The highest BCUT2D eigenvalue weighted by Gasteiger charge is 2.34. The van der Waals surface area contributed by atoms with Gasteiger partial charge in [-0.1, -0.05) is 38.8 Å². The summed E-state index contributed by atoms with van der Waals surface area (Å²) in [4.78, 5) is 13.7. The molecule has 0 radical (unpaired) electrons. The zero-order valence-electron chi connectivity index (χ0n) is 14.7. The van der Waals surface area contributed by atoms with Crippen LogP contribution in [0.4, 0.5) is 5.88 Å². The number of carbonyl (C=O) groups is 1. The molecule has 128 valence electrons. The maximum atomic E-state index is 12.3. The van der Waals surface area contributed by atoms with Crippen LogP contribution in [-0.2, 0) is 10.2 Å². The van der Waals surface area contributed by atoms with Crippen LogP contribution in [0.5, 0.6) is 0 Å². The second-order valence-electron chi connectivity index (χ2n) is 8.35. The van der Waals surface area contributed by atoms with E-state index in [1.54, 1.807) is 0 Å². The first kappa shape index (κ1) is 16.5. The molecule has 1 unspecified atom stereocenters. The Hall–Kier alpha value is -1.36. The first-order chi connectivity index (χ1) is 10.9. The smallest absolute Gasteiger partial charge is 0.281 e. The van der Waals surface area contributed by atoms with Crippen molar-refractivity contribution in [1.82, 2.24) is 5.16 Å². The third-order valence-corrected chi connectivity index (χ3v) is 5.44. The number of hydrogen-bond donors (Lipinski definition) is 2. The molecule has 2 aliphatic rings. The summed E-state index contributed by atoms with van der Waals surface area (Å²) >= 11 is 0. The van der Waals surface area contributed by atoms with Crippen LogP contribution in [0.15, 0.2) is 10.6 Å². The van der Waals surface area contributed by atoms with Gasteiger partial charge >= 0.3 is 0 Å². The molecule has 1 aliphatic heterocycles. The molecule has 0 spiro atoms. The number of likely N-dealkylation sites (tertiary alicyclic amines) is 1. The first-order valence-corrected chi connectivity index (χ1v) is 9.02. The molecular weight excluding hydrogens is 290 g/mol. The van der Waals surface area contributed by atoms with E-state index in [2.05, 4.69) is 31.2 Å². The molecule has 5 heteroatoms. The van der Waals surface area contributed by atoms with Crippen LogP contribution in [0, 0.1) is 11.8 Å². The molecule has 2 heterocycles. The number of hydrogen-bond acceptors (Lipinski definition) is 3. The molecule has 1 saturated heterocycles. The maximum absolute atomic E-state index is 12.3. The summed E-state index contributed by atoms with van der Waals surface area (Å²) in [6.07, 6.45) is 6.81. The van der Waals surface area contributed by atoms with Crippen LogP contribution >= 0.6 is 0 Å². The van der Waals surface area contributed by atoms with Crippen molar-refractivity contribution in [1.29, 1.82) is 0 Å². The molecule has 5 nitrogen and oxygen atoms in total. The van der Waals surface area contributed by atoms with Gasteiger partial charge in [-0.2, -0.15) is 0 Å². The van der Waals surface area contributed by atoms with Crippen molar-refractivity contribution in [2.45, 2.75) is 58.3 Å². The highest BCUT2D eigenvalue weighted by molar-refractivity contribution is 5.90. The molecular formula is C18H30N3O2+. The normalized spacial score (nSPS) is 28.2. The summed E-state index contributed by atoms with van der Waals surface area (Å²) in [6.45, 7) is 9.05. The molecule has 2 fully saturated rings. The molecule has 2 N–H and O–H groups in total. The van der Waals surface area contributed by atoms with Gasteiger partial charge in [-0.05, 0) is 25.2 Å². The Morgan fingerprint density at radius 2 is 2.04 bits per heavy atom. The number of carbonyl (C=O) groups excluding carboxylic acids is 1. The highest BCUT2D eigenvalue weighted by Crippen LogP contribution is 2.32. The van der Waals surface area contributed by atoms with E-state index in [1.807, 2.05) is 6.07 Å². The first-order valence-electron chi connectivity index (χ1n) is 9.02. The number of fused-ring (bicyclic) bond motifs is 1. The van der Waals surface area contributed by atoms with E-state index in [1.165, 1.54) is 37.0 Å². The van der Waals surface area contributed by atoms with Crippen LogP contribution < -0.4 is 10.2 Å². The zero-order chi connectivity index (χ0) is 16.4. The lowest BCUT2D eigenvalue weighted by Crippen LogP contribution is -3.15. The van der Waals surface area contributed by atoms with Crippen LogP contribution in [-0.4, -0.2) is 30.7 Å². The van der Waals surface area contributed by atoms with E-state index >= 15 is 0 Å². The lowest BCUT2D eigenvalue weighted by atomic mass is 9.75. The Morgan fingerprint density at radius 3 is 2.74 bits per heavy atom. The molecule has 3 rings (SSSR count). The lowest BCUT2D eigenvalue weighted by molar-refractivity contribution is -0.902. The average molecular weight is 320 g/mol. The summed E-state index contributed by atoms with van der Waals surface area (Å²) < 4.78 is 5.25. The number of anilines is 1. The van der Waals surface area contributed by atoms with Gasteiger partial charge in [0.1, 0.15) is 0 Å². The minimum absolute atomic E-state index is 0.0332. The summed E-state index contributed by atoms with van der Waals surface area (Å²) in [7, 11) is 0. The third kappa shape index (κ3) is 4.14. The van der Waals surface area contributed by atoms with Gasteiger partial charge in [0.25, 0.3) is 5.91 Å². The van der Waals surface area contributed by atoms with E-state index in [0.717, 1.165) is 30.6 Å². The van der Waals surface area contributed by atoms with Gasteiger partial charge in [0.05, 0.1) is 18.8 Å². The fourth-order valence-electron chi connectivity index (χ4n) is 4.05. The summed E-state index contributed by atoms with van der Waals surface area (Å²) in [5.74, 6) is 2.25. The quantitative estimate of drug-likeness (QED) is 0.895. The number of nitrogens with zero attached hydrogens (tertiary/aromatic N) is 1. The molecule has 0 bridgehead atoms. The molecule has 3 atom stereocenters. The van der Waals surface area contributed by atoms with E-state index in [0.29, 0.717) is 12.4 Å². The number of amides is 1. The second kappa shape index (κ2) is 6.63. The molecule has 1 saturated carbocycles. The Balaban J connectivity index is 1.50. The number of piperidine rings is 1. The van der Waals surface area contributed by atoms with Crippen molar-refractivity contribution in [3.05, 3.63) is 11.8 Å². The molecule has 1 aromatic rings. The van der Waals surface area contributed by atoms with Crippen LogP contribution in [0.25, 0.3) is 0 Å². The van der Waals surface area contributed by atoms with Crippen molar-refractivity contribution in [2.75, 3.05) is 25.0 Å². The standard InChI is InChI=1S/C18H29N3O2/c1-18(2,3)15-10-17(23-20-15)19-16(22)12-21-9-8-13-6-4-5-7-14(13)11-21/h10,13-14H,4-9,11-12H2,1-3H3,(H,19,22)/p+1/t13-,14+/m0/s1. The van der Waals surface area contributed by atoms with Crippen LogP contribution in [0.1, 0.15) is 58.6 Å². The fourth-order valence-corrected chi connectivity index (χ4v) is 4.05. The Kier molecular flexibility index (Phi) is 4.76. The largest absolute Gasteiger partial charge is 0.338 e. The average Bonchev–Trinajstić information content (AvgIpc) is 2.95. The van der Waals surface area contributed by atoms with Gasteiger partial charge in [-0.15, -0.1) is 0 Å². The second-order valence-corrected chi connectivity index (χ2v) is 8.35. The summed E-state index contributed by atoms with van der Waals surface area (Å²) in [6, 6.07) is 1.83. The fraction of sp³-hybridized carbons (Fsp3) is 0.778. The number of rotatable bonds is 3. The Labute approximate surface area is 138 Å². The lowest BCUT2D eigenvalue weighted by Gasteiger charge is -2.38. The minimum atomic E-state index is -0.0689. The highest BCUT2D eigenvalue weighted by atomic mass is 16.5. The van der Waals surface area contributed by atoms with Crippen molar-refractivity contribution in [3.8, 4) is 0 Å². The van der Waals surface area contributed by atoms with Crippen LogP contribution in [0.3, 0.4) is 0 Å². The Morgan fingerprint density at radius 1 is 1.30 bits per heavy atom.